The molecule has 0 aromatic heterocycles. The van der Waals surface area contributed by atoms with Crippen LogP contribution in [0.1, 0.15) is 39.5 Å². The van der Waals surface area contributed by atoms with E-state index in [2.05, 4.69) is 30.4 Å². The predicted octanol–water partition coefficient (Wildman–Crippen LogP) is 0.700. The highest BCUT2D eigenvalue weighted by atomic mass is 16.3. The second-order valence-electron chi connectivity index (χ2n) is 3.27. The van der Waals surface area contributed by atoms with Crippen LogP contribution in [0, 0.1) is 0 Å². The van der Waals surface area contributed by atoms with Crippen LogP contribution in [0.3, 0.4) is 0 Å². The summed E-state index contributed by atoms with van der Waals surface area (Å²) in [7, 11) is 0. The lowest BCUT2D eigenvalue weighted by atomic mass is 10.2. The van der Waals surface area contributed by atoms with E-state index in [9.17, 15) is 0 Å². The van der Waals surface area contributed by atoms with Crippen LogP contribution in [0.2, 0.25) is 0 Å². The molecule has 0 saturated carbocycles. The first-order chi connectivity index (χ1) is 6.85. The topological polar surface area (TPSA) is 75.5 Å². The Labute approximate surface area is 88.2 Å². The largest absolute Gasteiger partial charge is 0.395 e. The first-order valence-corrected chi connectivity index (χ1v) is 5.51. The monoisotopic (exact) mass is 205 g/mol. The lowest BCUT2D eigenvalue weighted by molar-refractivity contribution is 0.192. The second-order valence-corrected chi connectivity index (χ2v) is 3.27. The molecule has 4 nitrogen and oxygen atoms in total. The van der Waals surface area contributed by atoms with Crippen molar-refractivity contribution in [3.8, 4) is 0 Å². The molecule has 5 N–H and O–H groups in total. The minimum Gasteiger partial charge on any atom is -0.395 e. The molecule has 0 fully saturated rings. The fourth-order valence-electron chi connectivity index (χ4n) is 1.24. The van der Waals surface area contributed by atoms with E-state index in [1.165, 1.54) is 25.7 Å². The van der Waals surface area contributed by atoms with Crippen molar-refractivity contribution in [1.82, 2.24) is 4.90 Å². The maximum atomic E-state index is 8.79. The van der Waals surface area contributed by atoms with Gasteiger partial charge in [0.25, 0.3) is 0 Å². The molecule has 0 aliphatic rings. The quantitative estimate of drug-likeness (QED) is 0.403. The third kappa shape index (κ3) is 11.8. The van der Waals surface area contributed by atoms with Crippen molar-refractivity contribution >= 4 is 0 Å². The number of nitrogens with zero attached hydrogens (tertiary/aromatic N) is 1. The SMILES string of the molecule is CCCCN(CCO)CCCC.NN. The molecular formula is C10H27N3O. The van der Waals surface area contributed by atoms with Gasteiger partial charge >= 0.3 is 0 Å². The van der Waals surface area contributed by atoms with Crippen molar-refractivity contribution in [3.05, 3.63) is 0 Å². The Kier molecular flexibility index (Phi) is 17.8. The van der Waals surface area contributed by atoms with Crippen molar-refractivity contribution in [2.45, 2.75) is 39.5 Å². The van der Waals surface area contributed by atoms with Gasteiger partial charge in [-0.05, 0) is 25.9 Å². The summed E-state index contributed by atoms with van der Waals surface area (Å²) in [5, 5.41) is 8.79. The Morgan fingerprint density at radius 1 is 0.929 bits per heavy atom. The number of hydrogen-bond donors (Lipinski definition) is 3. The average molecular weight is 205 g/mol. The zero-order valence-corrected chi connectivity index (χ0v) is 9.71. The van der Waals surface area contributed by atoms with E-state index >= 15 is 0 Å². The summed E-state index contributed by atoms with van der Waals surface area (Å²) >= 11 is 0. The van der Waals surface area contributed by atoms with E-state index in [1.54, 1.807) is 0 Å². The molecule has 0 aromatic carbocycles. The van der Waals surface area contributed by atoms with Gasteiger partial charge in [-0.3, -0.25) is 11.7 Å². The summed E-state index contributed by atoms with van der Waals surface area (Å²) < 4.78 is 0. The van der Waals surface area contributed by atoms with Gasteiger partial charge in [-0.2, -0.15) is 0 Å². The molecule has 14 heavy (non-hydrogen) atoms. The Balaban J connectivity index is 0. The van der Waals surface area contributed by atoms with E-state index in [-0.39, 0.29) is 0 Å². The third-order valence-electron chi connectivity index (χ3n) is 2.07. The number of hydrogen-bond acceptors (Lipinski definition) is 4. The first kappa shape index (κ1) is 16.3. The molecule has 4 heteroatoms. The van der Waals surface area contributed by atoms with E-state index < -0.39 is 0 Å². The molecule has 88 valence electrons. The smallest absolute Gasteiger partial charge is 0.0558 e. The Bertz CT molecular complexity index is 83.4. The van der Waals surface area contributed by atoms with Gasteiger partial charge in [-0.15, -0.1) is 0 Å². The zero-order chi connectivity index (χ0) is 11.2. The molecule has 0 spiro atoms. The Morgan fingerprint density at radius 3 is 1.64 bits per heavy atom. The van der Waals surface area contributed by atoms with Crippen LogP contribution in [0.4, 0.5) is 0 Å². The lowest BCUT2D eigenvalue weighted by Crippen LogP contribution is -2.28. The highest BCUT2D eigenvalue weighted by Crippen LogP contribution is 1.97. The van der Waals surface area contributed by atoms with Crippen LogP contribution in [-0.2, 0) is 0 Å². The summed E-state index contributed by atoms with van der Waals surface area (Å²) in [6.45, 7) is 7.86. The minimum absolute atomic E-state index is 0.299. The molecule has 0 rings (SSSR count). The summed E-state index contributed by atoms with van der Waals surface area (Å²) in [6, 6.07) is 0. The van der Waals surface area contributed by atoms with Gasteiger partial charge in [-0.1, -0.05) is 26.7 Å². The van der Waals surface area contributed by atoms with Crippen LogP contribution in [0.5, 0.6) is 0 Å². The first-order valence-electron chi connectivity index (χ1n) is 5.51. The van der Waals surface area contributed by atoms with E-state index in [0.717, 1.165) is 19.6 Å². The molecule has 0 saturated heterocycles. The molecular weight excluding hydrogens is 178 g/mol. The van der Waals surface area contributed by atoms with Crippen molar-refractivity contribution in [3.63, 3.8) is 0 Å². The molecule has 0 amide bonds. The molecule has 0 radical (unpaired) electrons. The summed E-state index contributed by atoms with van der Waals surface area (Å²) in [5.74, 6) is 8.00. The van der Waals surface area contributed by atoms with Crippen molar-refractivity contribution in [1.29, 1.82) is 0 Å². The standard InChI is InChI=1S/C10H23NO.H4N2/c1-3-5-7-11(9-10-12)8-6-4-2;1-2/h12H,3-10H2,1-2H3;1-2H2. The molecule has 0 heterocycles. The third-order valence-corrected chi connectivity index (χ3v) is 2.07. The molecule has 0 aromatic rings. The Hall–Kier alpha value is -0.160. The summed E-state index contributed by atoms with van der Waals surface area (Å²) in [6.07, 6.45) is 5.00. The van der Waals surface area contributed by atoms with Crippen LogP contribution >= 0.6 is 0 Å². The van der Waals surface area contributed by atoms with Gasteiger partial charge in [0.15, 0.2) is 0 Å². The second kappa shape index (κ2) is 15.3. The predicted molar refractivity (Wildman–Crippen MR) is 61.7 cm³/mol. The number of unbranched alkanes of at least 4 members (excludes halogenated alkanes) is 2. The van der Waals surface area contributed by atoms with Gasteiger partial charge in [-0.25, -0.2) is 0 Å². The molecule has 0 atom stereocenters. The van der Waals surface area contributed by atoms with Gasteiger partial charge in [0, 0.05) is 6.54 Å². The van der Waals surface area contributed by atoms with E-state index in [1.807, 2.05) is 0 Å². The van der Waals surface area contributed by atoms with Gasteiger partial charge in [0.05, 0.1) is 6.61 Å². The number of aliphatic hydroxyl groups is 1. The van der Waals surface area contributed by atoms with Crippen LogP contribution < -0.4 is 11.7 Å². The number of hydrazine groups is 1. The molecule has 0 aliphatic heterocycles. The fraction of sp³-hybridized carbons (Fsp3) is 1.00. The van der Waals surface area contributed by atoms with Crippen molar-refractivity contribution in [2.75, 3.05) is 26.2 Å². The van der Waals surface area contributed by atoms with E-state index in [0.29, 0.717) is 6.61 Å². The van der Waals surface area contributed by atoms with E-state index in [4.69, 9.17) is 5.11 Å². The summed E-state index contributed by atoms with van der Waals surface area (Å²) in [5.41, 5.74) is 0. The highest BCUT2D eigenvalue weighted by molar-refractivity contribution is 4.56. The number of rotatable bonds is 8. The fourth-order valence-corrected chi connectivity index (χ4v) is 1.24. The molecule has 0 aliphatic carbocycles. The van der Waals surface area contributed by atoms with Crippen molar-refractivity contribution < 1.29 is 5.11 Å². The normalized spacial score (nSPS) is 9.86. The number of aliphatic hydroxyl groups excluding tert-OH is 1. The maximum absolute atomic E-state index is 8.79. The highest BCUT2D eigenvalue weighted by Gasteiger charge is 2.01. The molecule has 0 bridgehead atoms. The summed E-state index contributed by atoms with van der Waals surface area (Å²) in [4.78, 5) is 2.35. The maximum Gasteiger partial charge on any atom is 0.0558 e. The van der Waals surface area contributed by atoms with Crippen molar-refractivity contribution in [2.24, 2.45) is 11.7 Å². The molecule has 0 unspecified atom stereocenters. The van der Waals surface area contributed by atoms with Gasteiger partial charge in [0.2, 0.25) is 0 Å². The number of nitrogens with two attached hydrogens (primary N) is 2. The average Bonchev–Trinajstić information content (AvgIpc) is 2.25. The zero-order valence-electron chi connectivity index (χ0n) is 9.71. The van der Waals surface area contributed by atoms with Crippen LogP contribution in [-0.4, -0.2) is 36.2 Å². The lowest BCUT2D eigenvalue weighted by Gasteiger charge is -2.20. The Morgan fingerprint density at radius 2 is 1.36 bits per heavy atom. The van der Waals surface area contributed by atoms with Gasteiger partial charge in [0.1, 0.15) is 0 Å². The minimum atomic E-state index is 0.299. The van der Waals surface area contributed by atoms with Gasteiger partial charge < -0.3 is 10.0 Å². The van der Waals surface area contributed by atoms with Crippen LogP contribution in [0.15, 0.2) is 0 Å². The van der Waals surface area contributed by atoms with Crippen LogP contribution in [0.25, 0.3) is 0 Å².